The predicted octanol–water partition coefficient (Wildman–Crippen LogP) is 2.36. The van der Waals surface area contributed by atoms with Crippen molar-refractivity contribution >= 4 is 0 Å². The minimum Gasteiger partial charge on any atom is -0.383 e. The number of halogens is 1. The second-order valence-corrected chi connectivity index (χ2v) is 4.98. The lowest BCUT2D eigenvalue weighted by Gasteiger charge is -2.19. The maximum absolute atomic E-state index is 13.5. The number of hydrogen-bond acceptors (Lipinski definition) is 3. The Morgan fingerprint density at radius 3 is 2.74 bits per heavy atom. The quantitative estimate of drug-likeness (QED) is 0.783. The van der Waals surface area contributed by atoms with Crippen LogP contribution in [0.25, 0.3) is 0 Å². The number of aryl methyl sites for hydroxylation is 1. The van der Waals surface area contributed by atoms with Gasteiger partial charge in [0.2, 0.25) is 0 Å². The van der Waals surface area contributed by atoms with E-state index in [0.717, 1.165) is 31.8 Å². The van der Waals surface area contributed by atoms with Crippen LogP contribution in [-0.2, 0) is 4.74 Å². The van der Waals surface area contributed by atoms with E-state index in [-0.39, 0.29) is 11.9 Å². The van der Waals surface area contributed by atoms with E-state index in [1.807, 2.05) is 12.1 Å². The van der Waals surface area contributed by atoms with E-state index >= 15 is 0 Å². The van der Waals surface area contributed by atoms with Crippen LogP contribution in [0.2, 0.25) is 0 Å². The molecule has 19 heavy (non-hydrogen) atoms. The topological polar surface area (TPSA) is 24.5 Å². The predicted molar refractivity (Wildman–Crippen MR) is 76.9 cm³/mol. The summed E-state index contributed by atoms with van der Waals surface area (Å²) in [5, 5.41) is 3.40. The molecule has 1 rings (SSSR count). The van der Waals surface area contributed by atoms with Gasteiger partial charge in [-0.05, 0) is 38.1 Å². The van der Waals surface area contributed by atoms with E-state index in [2.05, 4.69) is 24.2 Å². The van der Waals surface area contributed by atoms with Crippen molar-refractivity contribution in [3.8, 4) is 0 Å². The second kappa shape index (κ2) is 8.25. The van der Waals surface area contributed by atoms with Gasteiger partial charge in [0.15, 0.2) is 0 Å². The Bertz CT molecular complexity index is 384. The summed E-state index contributed by atoms with van der Waals surface area (Å²) >= 11 is 0. The van der Waals surface area contributed by atoms with E-state index in [0.29, 0.717) is 5.56 Å². The Morgan fingerprint density at radius 1 is 1.37 bits per heavy atom. The maximum atomic E-state index is 13.5. The summed E-state index contributed by atoms with van der Waals surface area (Å²) in [7, 11) is 3.77. The Labute approximate surface area is 115 Å². The zero-order valence-corrected chi connectivity index (χ0v) is 12.4. The average Bonchev–Trinajstić information content (AvgIpc) is 2.39. The number of likely N-dealkylation sites (N-methyl/N-ethyl adjacent to an activating group) is 1. The summed E-state index contributed by atoms with van der Waals surface area (Å²) in [4.78, 5) is 2.21. The van der Waals surface area contributed by atoms with Crippen LogP contribution in [-0.4, -0.2) is 45.3 Å². The van der Waals surface area contributed by atoms with Gasteiger partial charge < -0.3 is 15.0 Å². The first-order valence-electron chi connectivity index (χ1n) is 6.71. The Kier molecular flexibility index (Phi) is 6.99. The molecule has 1 atom stereocenters. The molecule has 0 spiro atoms. The average molecular weight is 268 g/mol. The Balaban J connectivity index is 2.34. The highest BCUT2D eigenvalue weighted by molar-refractivity contribution is 5.25. The molecule has 1 unspecified atom stereocenters. The smallest absolute Gasteiger partial charge is 0.126 e. The number of methoxy groups -OCH3 is 1. The first kappa shape index (κ1) is 16.1. The van der Waals surface area contributed by atoms with E-state index < -0.39 is 0 Å². The van der Waals surface area contributed by atoms with Gasteiger partial charge in [0.1, 0.15) is 5.82 Å². The number of hydrogen-bond donors (Lipinski definition) is 1. The SMILES string of the molecule is COCCN(C)CCNC(C)c1ccc(C)c(F)c1. The standard InChI is InChI=1S/C15H25FN2O/c1-12-5-6-14(11-15(12)16)13(2)17-7-8-18(3)9-10-19-4/h5-6,11,13,17H,7-10H2,1-4H3. The van der Waals surface area contributed by atoms with Crippen molar-refractivity contribution < 1.29 is 9.13 Å². The van der Waals surface area contributed by atoms with Gasteiger partial charge in [-0.1, -0.05) is 12.1 Å². The molecule has 0 radical (unpaired) electrons. The molecule has 0 aliphatic rings. The van der Waals surface area contributed by atoms with Crippen LogP contribution in [0.15, 0.2) is 18.2 Å². The van der Waals surface area contributed by atoms with Crippen LogP contribution in [0.4, 0.5) is 4.39 Å². The lowest BCUT2D eigenvalue weighted by atomic mass is 10.1. The number of benzene rings is 1. The highest BCUT2D eigenvalue weighted by Gasteiger charge is 2.07. The summed E-state index contributed by atoms with van der Waals surface area (Å²) < 4.78 is 18.5. The van der Waals surface area contributed by atoms with E-state index in [9.17, 15) is 4.39 Å². The molecular weight excluding hydrogens is 243 g/mol. The van der Waals surface area contributed by atoms with Crippen LogP contribution >= 0.6 is 0 Å². The number of rotatable bonds is 8. The molecule has 0 saturated carbocycles. The molecule has 0 aliphatic carbocycles. The minimum absolute atomic E-state index is 0.136. The van der Waals surface area contributed by atoms with Crippen molar-refractivity contribution in [3.63, 3.8) is 0 Å². The molecule has 4 heteroatoms. The van der Waals surface area contributed by atoms with Crippen LogP contribution in [0.3, 0.4) is 0 Å². The molecule has 1 N–H and O–H groups in total. The van der Waals surface area contributed by atoms with Crippen molar-refractivity contribution in [3.05, 3.63) is 35.1 Å². The summed E-state index contributed by atoms with van der Waals surface area (Å²) in [5.74, 6) is -0.136. The van der Waals surface area contributed by atoms with E-state index in [1.165, 1.54) is 0 Å². The Hall–Kier alpha value is -0.970. The lowest BCUT2D eigenvalue weighted by Crippen LogP contribution is -2.32. The van der Waals surface area contributed by atoms with Crippen molar-refractivity contribution in [2.75, 3.05) is 40.4 Å². The molecule has 1 aromatic carbocycles. The van der Waals surface area contributed by atoms with Gasteiger partial charge in [-0.2, -0.15) is 0 Å². The molecule has 0 aliphatic heterocycles. The van der Waals surface area contributed by atoms with Gasteiger partial charge >= 0.3 is 0 Å². The van der Waals surface area contributed by atoms with Gasteiger partial charge in [0, 0.05) is 32.8 Å². The van der Waals surface area contributed by atoms with Crippen LogP contribution < -0.4 is 5.32 Å². The largest absolute Gasteiger partial charge is 0.383 e. The molecule has 0 fully saturated rings. The molecule has 0 heterocycles. The highest BCUT2D eigenvalue weighted by Crippen LogP contribution is 2.15. The fourth-order valence-electron chi connectivity index (χ4n) is 1.83. The molecule has 0 aromatic heterocycles. The zero-order chi connectivity index (χ0) is 14.3. The molecule has 0 amide bonds. The number of nitrogens with zero attached hydrogens (tertiary/aromatic N) is 1. The van der Waals surface area contributed by atoms with Crippen LogP contribution in [0, 0.1) is 12.7 Å². The maximum Gasteiger partial charge on any atom is 0.126 e. The fraction of sp³-hybridized carbons (Fsp3) is 0.600. The summed E-state index contributed by atoms with van der Waals surface area (Å²) in [5.41, 5.74) is 1.68. The van der Waals surface area contributed by atoms with Crippen molar-refractivity contribution in [2.24, 2.45) is 0 Å². The zero-order valence-electron chi connectivity index (χ0n) is 12.4. The monoisotopic (exact) mass is 268 g/mol. The molecule has 1 aromatic rings. The summed E-state index contributed by atoms with van der Waals surface area (Å²) in [6, 6.07) is 5.57. The first-order chi connectivity index (χ1) is 9.04. The molecule has 108 valence electrons. The van der Waals surface area contributed by atoms with Crippen molar-refractivity contribution in [1.82, 2.24) is 10.2 Å². The Morgan fingerprint density at radius 2 is 2.11 bits per heavy atom. The third-order valence-electron chi connectivity index (χ3n) is 3.32. The number of nitrogens with one attached hydrogen (secondary N) is 1. The van der Waals surface area contributed by atoms with Crippen molar-refractivity contribution in [2.45, 2.75) is 19.9 Å². The van der Waals surface area contributed by atoms with Crippen LogP contribution in [0.5, 0.6) is 0 Å². The van der Waals surface area contributed by atoms with Gasteiger partial charge in [0.05, 0.1) is 6.61 Å². The van der Waals surface area contributed by atoms with Crippen molar-refractivity contribution in [1.29, 1.82) is 0 Å². The van der Waals surface area contributed by atoms with E-state index in [1.54, 1.807) is 20.1 Å². The van der Waals surface area contributed by atoms with E-state index in [4.69, 9.17) is 4.74 Å². The molecular formula is C15H25FN2O. The number of ether oxygens (including phenoxy) is 1. The van der Waals surface area contributed by atoms with Gasteiger partial charge in [-0.15, -0.1) is 0 Å². The first-order valence-corrected chi connectivity index (χ1v) is 6.71. The molecule has 0 bridgehead atoms. The third kappa shape index (κ3) is 5.68. The molecule has 0 saturated heterocycles. The third-order valence-corrected chi connectivity index (χ3v) is 3.32. The highest BCUT2D eigenvalue weighted by atomic mass is 19.1. The fourth-order valence-corrected chi connectivity index (χ4v) is 1.83. The van der Waals surface area contributed by atoms with Gasteiger partial charge in [-0.25, -0.2) is 4.39 Å². The van der Waals surface area contributed by atoms with Crippen LogP contribution in [0.1, 0.15) is 24.1 Å². The summed E-state index contributed by atoms with van der Waals surface area (Å²) in [6.45, 7) is 7.32. The second-order valence-electron chi connectivity index (χ2n) is 4.98. The van der Waals surface area contributed by atoms with Gasteiger partial charge in [-0.3, -0.25) is 0 Å². The molecule has 3 nitrogen and oxygen atoms in total. The lowest BCUT2D eigenvalue weighted by molar-refractivity contribution is 0.161. The minimum atomic E-state index is -0.136. The van der Waals surface area contributed by atoms with Gasteiger partial charge in [0.25, 0.3) is 0 Å². The normalized spacial score (nSPS) is 12.9. The summed E-state index contributed by atoms with van der Waals surface area (Å²) in [6.07, 6.45) is 0.